The van der Waals surface area contributed by atoms with E-state index in [1.54, 1.807) is 25.7 Å². The number of aromatic nitrogens is 2. The second-order valence-electron chi connectivity index (χ2n) is 6.05. The predicted octanol–water partition coefficient (Wildman–Crippen LogP) is 2.30. The number of nitrogens with one attached hydrogen (secondary N) is 1. The van der Waals surface area contributed by atoms with E-state index in [1.807, 2.05) is 35.0 Å². The molecule has 1 aliphatic heterocycles. The number of ether oxygens (including phenoxy) is 1. The second kappa shape index (κ2) is 9.52. The van der Waals surface area contributed by atoms with Crippen molar-refractivity contribution in [1.29, 1.82) is 0 Å². The number of rotatable bonds is 8. The largest absolute Gasteiger partial charge is 0.497 e. The summed E-state index contributed by atoms with van der Waals surface area (Å²) in [7, 11) is 1.60. The molecule has 0 spiro atoms. The number of hydrogen-bond donors (Lipinski definition) is 1. The molecule has 1 aliphatic rings. The molecule has 0 radical (unpaired) electrons. The highest BCUT2D eigenvalue weighted by molar-refractivity contribution is 8.26. The number of methoxy groups -OCH3 is 1. The van der Waals surface area contributed by atoms with Crippen molar-refractivity contribution in [2.75, 3.05) is 20.2 Å². The zero-order valence-electron chi connectivity index (χ0n) is 15.3. The number of carbonyl (C=O) groups is 2. The van der Waals surface area contributed by atoms with Crippen LogP contribution in [0, 0.1) is 0 Å². The van der Waals surface area contributed by atoms with Gasteiger partial charge >= 0.3 is 0 Å². The van der Waals surface area contributed by atoms with Gasteiger partial charge < -0.3 is 14.6 Å². The summed E-state index contributed by atoms with van der Waals surface area (Å²) in [6.45, 7) is 1.22. The van der Waals surface area contributed by atoms with Gasteiger partial charge in [-0.1, -0.05) is 36.1 Å². The highest BCUT2D eigenvalue weighted by Crippen LogP contribution is 2.32. The Morgan fingerprint density at radius 1 is 1.36 bits per heavy atom. The molecule has 1 saturated heterocycles. The molecule has 2 amide bonds. The number of imidazole rings is 1. The van der Waals surface area contributed by atoms with E-state index in [9.17, 15) is 9.59 Å². The quantitative estimate of drug-likeness (QED) is 0.404. The maximum Gasteiger partial charge on any atom is 0.266 e. The number of thiocarbonyl (C=S) groups is 1. The lowest BCUT2D eigenvalue weighted by atomic mass is 10.2. The first-order valence-corrected chi connectivity index (χ1v) is 9.91. The molecule has 0 bridgehead atoms. The van der Waals surface area contributed by atoms with Crippen LogP contribution in [0.5, 0.6) is 5.75 Å². The van der Waals surface area contributed by atoms with Crippen molar-refractivity contribution in [3.05, 3.63) is 53.5 Å². The normalized spacial score (nSPS) is 15.3. The van der Waals surface area contributed by atoms with Crippen LogP contribution in [0.25, 0.3) is 6.08 Å². The van der Waals surface area contributed by atoms with Gasteiger partial charge in [-0.2, -0.15) is 0 Å². The Morgan fingerprint density at radius 3 is 2.82 bits per heavy atom. The average Bonchev–Trinajstić information content (AvgIpc) is 3.30. The second-order valence-corrected chi connectivity index (χ2v) is 7.72. The lowest BCUT2D eigenvalue weighted by molar-refractivity contribution is -0.128. The fraction of sp³-hybridized carbons (Fsp3) is 0.263. The van der Waals surface area contributed by atoms with Gasteiger partial charge in [0.25, 0.3) is 5.91 Å². The van der Waals surface area contributed by atoms with Crippen molar-refractivity contribution in [1.82, 2.24) is 19.8 Å². The molecule has 7 nitrogen and oxygen atoms in total. The van der Waals surface area contributed by atoms with E-state index in [4.69, 9.17) is 17.0 Å². The molecule has 146 valence electrons. The Morgan fingerprint density at radius 2 is 2.14 bits per heavy atom. The van der Waals surface area contributed by atoms with Gasteiger partial charge in [0.2, 0.25) is 5.91 Å². The van der Waals surface area contributed by atoms with Crippen LogP contribution in [0.4, 0.5) is 0 Å². The molecule has 2 heterocycles. The average molecular weight is 417 g/mol. The van der Waals surface area contributed by atoms with Crippen LogP contribution >= 0.6 is 24.0 Å². The molecule has 2 aromatic rings. The maximum atomic E-state index is 12.6. The highest BCUT2D eigenvalue weighted by Gasteiger charge is 2.33. The third-order valence-electron chi connectivity index (χ3n) is 4.06. The van der Waals surface area contributed by atoms with Crippen molar-refractivity contribution in [2.45, 2.75) is 13.0 Å². The van der Waals surface area contributed by atoms with Gasteiger partial charge in [-0.05, 0) is 30.2 Å². The highest BCUT2D eigenvalue weighted by atomic mass is 32.2. The predicted molar refractivity (Wildman–Crippen MR) is 113 cm³/mol. The molecule has 28 heavy (non-hydrogen) atoms. The lowest BCUT2D eigenvalue weighted by Gasteiger charge is -2.14. The summed E-state index contributed by atoms with van der Waals surface area (Å²) in [6, 6.07) is 7.37. The van der Waals surface area contributed by atoms with Crippen LogP contribution in [-0.4, -0.2) is 50.8 Å². The number of nitrogens with zero attached hydrogens (tertiary/aromatic N) is 3. The summed E-state index contributed by atoms with van der Waals surface area (Å²) >= 11 is 6.48. The topological polar surface area (TPSA) is 76.5 Å². The van der Waals surface area contributed by atoms with E-state index in [0.717, 1.165) is 24.3 Å². The molecular formula is C19H20N4O3S2. The number of amides is 2. The monoisotopic (exact) mass is 416 g/mol. The molecule has 3 rings (SSSR count). The fourth-order valence-electron chi connectivity index (χ4n) is 2.60. The SMILES string of the molecule is COc1ccc(/C=C2/SC(=S)N(CC(=O)NCCCn3ccnc3)C2=O)cc1. The lowest BCUT2D eigenvalue weighted by Crippen LogP contribution is -2.39. The zero-order valence-corrected chi connectivity index (χ0v) is 17.0. The summed E-state index contributed by atoms with van der Waals surface area (Å²) in [4.78, 5) is 30.6. The van der Waals surface area contributed by atoms with Gasteiger partial charge in [-0.15, -0.1) is 0 Å². The van der Waals surface area contributed by atoms with E-state index in [0.29, 0.717) is 15.8 Å². The van der Waals surface area contributed by atoms with Crippen molar-refractivity contribution in [3.63, 3.8) is 0 Å². The minimum atomic E-state index is -0.251. The summed E-state index contributed by atoms with van der Waals surface area (Å²) in [6.07, 6.45) is 7.86. The minimum Gasteiger partial charge on any atom is -0.497 e. The van der Waals surface area contributed by atoms with Crippen molar-refractivity contribution in [3.8, 4) is 5.75 Å². The molecular weight excluding hydrogens is 396 g/mol. The Hall–Kier alpha value is -2.65. The van der Waals surface area contributed by atoms with Crippen molar-refractivity contribution < 1.29 is 14.3 Å². The molecule has 1 aromatic carbocycles. The molecule has 1 aromatic heterocycles. The maximum absolute atomic E-state index is 12.6. The van der Waals surface area contributed by atoms with Crippen LogP contribution in [0.3, 0.4) is 0 Å². The van der Waals surface area contributed by atoms with Crippen molar-refractivity contribution in [2.24, 2.45) is 0 Å². The molecule has 0 atom stereocenters. The molecule has 0 unspecified atom stereocenters. The number of carbonyl (C=O) groups excluding carboxylic acids is 2. The molecule has 0 saturated carbocycles. The standard InChI is InChI=1S/C19H20N4O3S2/c1-26-15-5-3-14(4-6-15)11-16-18(25)23(19(27)28-16)12-17(24)21-7-2-9-22-10-8-20-13-22/h3-6,8,10-11,13H,2,7,9,12H2,1H3,(H,21,24)/b16-11+. The number of thioether (sulfide) groups is 1. The van der Waals surface area contributed by atoms with Crippen LogP contribution in [0.2, 0.25) is 0 Å². The van der Waals surface area contributed by atoms with Gasteiger partial charge in [0.15, 0.2) is 0 Å². The van der Waals surface area contributed by atoms with E-state index >= 15 is 0 Å². The summed E-state index contributed by atoms with van der Waals surface area (Å²) in [5.41, 5.74) is 0.866. The smallest absolute Gasteiger partial charge is 0.266 e. The van der Waals surface area contributed by atoms with E-state index in [1.165, 1.54) is 16.7 Å². The minimum absolute atomic E-state index is 0.0737. The van der Waals surface area contributed by atoms with Gasteiger partial charge in [-0.25, -0.2) is 4.98 Å². The van der Waals surface area contributed by atoms with E-state index in [2.05, 4.69) is 10.3 Å². The van der Waals surface area contributed by atoms with Gasteiger partial charge in [0, 0.05) is 25.5 Å². The third kappa shape index (κ3) is 5.20. The summed E-state index contributed by atoms with van der Waals surface area (Å²) < 4.78 is 7.46. The third-order valence-corrected chi connectivity index (χ3v) is 5.44. The first-order valence-electron chi connectivity index (χ1n) is 8.68. The number of benzene rings is 1. The van der Waals surface area contributed by atoms with E-state index in [-0.39, 0.29) is 18.4 Å². The summed E-state index contributed by atoms with van der Waals surface area (Å²) in [5, 5.41) is 2.82. The van der Waals surface area contributed by atoms with Gasteiger partial charge in [-0.3, -0.25) is 14.5 Å². The van der Waals surface area contributed by atoms with Crippen molar-refractivity contribution >= 4 is 46.2 Å². The number of hydrogen-bond acceptors (Lipinski definition) is 6. The molecule has 1 fully saturated rings. The van der Waals surface area contributed by atoms with Gasteiger partial charge in [0.05, 0.1) is 18.3 Å². The van der Waals surface area contributed by atoms with Crippen LogP contribution in [0.15, 0.2) is 47.9 Å². The summed E-state index contributed by atoms with van der Waals surface area (Å²) in [5.74, 6) is 0.265. The Kier molecular flexibility index (Phi) is 6.83. The van der Waals surface area contributed by atoms with Crippen LogP contribution in [-0.2, 0) is 16.1 Å². The molecule has 1 N–H and O–H groups in total. The van der Waals surface area contributed by atoms with Gasteiger partial charge in [0.1, 0.15) is 16.6 Å². The molecule has 9 heteroatoms. The Balaban J connectivity index is 1.51. The fourth-order valence-corrected chi connectivity index (χ4v) is 3.85. The number of aryl methyl sites for hydroxylation is 1. The Labute approximate surface area is 172 Å². The first-order chi connectivity index (χ1) is 13.6. The Bertz CT molecular complexity index is 879. The zero-order chi connectivity index (χ0) is 19.9. The van der Waals surface area contributed by atoms with E-state index < -0.39 is 0 Å². The van der Waals surface area contributed by atoms with Crippen LogP contribution in [0.1, 0.15) is 12.0 Å². The molecule has 0 aliphatic carbocycles. The first kappa shape index (κ1) is 20.1. The van der Waals surface area contributed by atoms with Crippen LogP contribution < -0.4 is 10.1 Å².